The summed E-state index contributed by atoms with van der Waals surface area (Å²) in [5.74, 6) is 1.58. The van der Waals surface area contributed by atoms with Gasteiger partial charge in [-0.3, -0.25) is 10.6 Å². The van der Waals surface area contributed by atoms with E-state index in [9.17, 15) is 0 Å². The first-order valence-electron chi connectivity index (χ1n) is 5.21. The van der Waals surface area contributed by atoms with Crippen LogP contribution in [0.25, 0.3) is 0 Å². The van der Waals surface area contributed by atoms with Crippen molar-refractivity contribution in [3.63, 3.8) is 0 Å². The first-order valence-corrected chi connectivity index (χ1v) is 5.21. The Hall–Kier alpha value is -0.160. The lowest BCUT2D eigenvalue weighted by Crippen LogP contribution is -2.58. The topological polar surface area (TPSA) is 62.1 Å². The molecule has 4 heteroatoms. The van der Waals surface area contributed by atoms with Gasteiger partial charge >= 0.3 is 0 Å². The summed E-state index contributed by atoms with van der Waals surface area (Å²) in [6.45, 7) is 2.31. The molecule has 13 heavy (non-hydrogen) atoms. The molecule has 3 atom stereocenters. The van der Waals surface area contributed by atoms with Gasteiger partial charge in [0.05, 0.1) is 0 Å². The van der Waals surface area contributed by atoms with Gasteiger partial charge in [-0.1, -0.05) is 0 Å². The van der Waals surface area contributed by atoms with Crippen molar-refractivity contribution in [1.82, 2.24) is 16.0 Å². The fraction of sp³-hybridized carbons (Fsp3) is 1.00. The van der Waals surface area contributed by atoms with E-state index in [4.69, 9.17) is 5.73 Å². The van der Waals surface area contributed by atoms with Crippen LogP contribution in [-0.4, -0.2) is 32.5 Å². The summed E-state index contributed by atoms with van der Waals surface area (Å²) in [6, 6.07) is 0.628. The summed E-state index contributed by atoms with van der Waals surface area (Å²) in [6.07, 6.45) is 2.66. The molecule has 0 aromatic carbocycles. The highest BCUT2D eigenvalue weighted by molar-refractivity contribution is 4.96. The van der Waals surface area contributed by atoms with Crippen molar-refractivity contribution in [3.05, 3.63) is 0 Å². The standard InChI is InChI=1S/C9H20N4/c1-11-9(10)13-8-6-2-3-7(8)5-12-4-6/h6-9,11-13H,2-5,10H2,1H3. The third-order valence-corrected chi connectivity index (χ3v) is 3.42. The molecule has 1 saturated heterocycles. The van der Waals surface area contributed by atoms with Gasteiger partial charge in [0.15, 0.2) is 0 Å². The highest BCUT2D eigenvalue weighted by Crippen LogP contribution is 2.33. The molecule has 1 heterocycles. The minimum atomic E-state index is -0.0498. The highest BCUT2D eigenvalue weighted by atomic mass is 15.2. The Kier molecular flexibility index (Phi) is 2.83. The van der Waals surface area contributed by atoms with Crippen LogP contribution in [0.15, 0.2) is 0 Å². The molecule has 5 N–H and O–H groups in total. The monoisotopic (exact) mass is 184 g/mol. The molecule has 0 aromatic rings. The lowest BCUT2D eigenvalue weighted by molar-refractivity contribution is 0.241. The predicted molar refractivity (Wildman–Crippen MR) is 53.0 cm³/mol. The van der Waals surface area contributed by atoms with Gasteiger partial charge in [0.1, 0.15) is 6.29 Å². The largest absolute Gasteiger partial charge is 0.316 e. The van der Waals surface area contributed by atoms with Crippen LogP contribution < -0.4 is 21.7 Å². The number of hydrogen-bond acceptors (Lipinski definition) is 4. The molecule has 0 radical (unpaired) electrons. The molecule has 2 rings (SSSR count). The molecule has 76 valence electrons. The van der Waals surface area contributed by atoms with E-state index in [0.29, 0.717) is 6.04 Å². The van der Waals surface area contributed by atoms with Gasteiger partial charge in [0.2, 0.25) is 0 Å². The third kappa shape index (κ3) is 1.86. The summed E-state index contributed by atoms with van der Waals surface area (Å²) in [5, 5.41) is 9.95. The van der Waals surface area contributed by atoms with Gasteiger partial charge in [-0.25, -0.2) is 0 Å². The second-order valence-corrected chi connectivity index (χ2v) is 4.21. The predicted octanol–water partition coefficient (Wildman–Crippen LogP) is -0.964. The van der Waals surface area contributed by atoms with Crippen molar-refractivity contribution in [2.24, 2.45) is 17.6 Å². The summed E-state index contributed by atoms with van der Waals surface area (Å²) in [5.41, 5.74) is 5.81. The van der Waals surface area contributed by atoms with E-state index in [0.717, 1.165) is 24.9 Å². The fourth-order valence-electron chi connectivity index (χ4n) is 2.65. The lowest BCUT2D eigenvalue weighted by atomic mass is 9.94. The zero-order valence-corrected chi connectivity index (χ0v) is 8.22. The van der Waals surface area contributed by atoms with Crippen molar-refractivity contribution < 1.29 is 0 Å². The van der Waals surface area contributed by atoms with E-state index in [1.54, 1.807) is 0 Å². The average Bonchev–Trinajstić information content (AvgIpc) is 2.41. The van der Waals surface area contributed by atoms with Crippen LogP contribution >= 0.6 is 0 Å². The minimum absolute atomic E-state index is 0.0498. The maximum absolute atomic E-state index is 5.81. The Labute approximate surface area is 79.6 Å². The number of nitrogens with one attached hydrogen (secondary N) is 3. The normalized spacial score (nSPS) is 40.6. The first-order chi connectivity index (χ1) is 6.31. The molecule has 2 aliphatic rings. The van der Waals surface area contributed by atoms with Crippen LogP contribution in [0.2, 0.25) is 0 Å². The quantitative estimate of drug-likeness (QED) is 0.427. The van der Waals surface area contributed by atoms with E-state index in [1.165, 1.54) is 12.8 Å². The van der Waals surface area contributed by atoms with Crippen molar-refractivity contribution >= 4 is 0 Å². The smallest absolute Gasteiger partial charge is 0.109 e. The first kappa shape index (κ1) is 9.40. The van der Waals surface area contributed by atoms with E-state index in [-0.39, 0.29) is 6.29 Å². The van der Waals surface area contributed by atoms with Gasteiger partial charge in [0.25, 0.3) is 0 Å². The molecule has 3 unspecified atom stereocenters. The van der Waals surface area contributed by atoms with Crippen LogP contribution in [0.4, 0.5) is 0 Å². The molecule has 2 fully saturated rings. The van der Waals surface area contributed by atoms with Gasteiger partial charge in [-0.15, -0.1) is 0 Å². The second kappa shape index (κ2) is 3.92. The fourth-order valence-corrected chi connectivity index (χ4v) is 2.65. The summed E-state index contributed by atoms with van der Waals surface area (Å²) >= 11 is 0. The molecular formula is C9H20N4. The maximum atomic E-state index is 5.81. The summed E-state index contributed by atoms with van der Waals surface area (Å²) < 4.78 is 0. The van der Waals surface area contributed by atoms with Crippen molar-refractivity contribution in [3.8, 4) is 0 Å². The van der Waals surface area contributed by atoms with E-state index < -0.39 is 0 Å². The number of piperidine rings is 1. The number of nitrogens with two attached hydrogens (primary N) is 1. The molecule has 0 spiro atoms. The number of hydrogen-bond donors (Lipinski definition) is 4. The molecule has 2 bridgehead atoms. The van der Waals surface area contributed by atoms with Crippen molar-refractivity contribution in [1.29, 1.82) is 0 Å². The Morgan fingerprint density at radius 1 is 1.31 bits per heavy atom. The Morgan fingerprint density at radius 3 is 2.46 bits per heavy atom. The van der Waals surface area contributed by atoms with Crippen molar-refractivity contribution in [2.75, 3.05) is 20.1 Å². The zero-order valence-electron chi connectivity index (χ0n) is 8.22. The van der Waals surface area contributed by atoms with Crippen LogP contribution in [0.3, 0.4) is 0 Å². The maximum Gasteiger partial charge on any atom is 0.109 e. The van der Waals surface area contributed by atoms with Crippen LogP contribution in [-0.2, 0) is 0 Å². The Balaban J connectivity index is 1.91. The highest BCUT2D eigenvalue weighted by Gasteiger charge is 2.38. The number of fused-ring (bicyclic) bond motifs is 2. The molecule has 0 amide bonds. The van der Waals surface area contributed by atoms with E-state index in [1.807, 2.05) is 7.05 Å². The van der Waals surface area contributed by atoms with E-state index in [2.05, 4.69) is 16.0 Å². The molecular weight excluding hydrogens is 164 g/mol. The van der Waals surface area contributed by atoms with Gasteiger partial charge in [-0.2, -0.15) is 0 Å². The van der Waals surface area contributed by atoms with Gasteiger partial charge in [0, 0.05) is 6.04 Å². The van der Waals surface area contributed by atoms with E-state index >= 15 is 0 Å². The van der Waals surface area contributed by atoms with Crippen LogP contribution in [0, 0.1) is 11.8 Å². The zero-order chi connectivity index (χ0) is 9.26. The summed E-state index contributed by atoms with van der Waals surface area (Å²) in [7, 11) is 1.89. The summed E-state index contributed by atoms with van der Waals surface area (Å²) in [4.78, 5) is 0. The Bertz CT molecular complexity index is 157. The molecule has 0 aromatic heterocycles. The molecule has 1 saturated carbocycles. The second-order valence-electron chi connectivity index (χ2n) is 4.21. The minimum Gasteiger partial charge on any atom is -0.316 e. The molecule has 1 aliphatic carbocycles. The third-order valence-electron chi connectivity index (χ3n) is 3.42. The SMILES string of the molecule is CNC(N)NC1C2CCC1CNC2. The lowest BCUT2D eigenvalue weighted by Gasteiger charge is -2.33. The number of rotatable bonds is 3. The van der Waals surface area contributed by atoms with Crippen molar-refractivity contribution in [2.45, 2.75) is 25.2 Å². The Morgan fingerprint density at radius 2 is 1.92 bits per heavy atom. The van der Waals surface area contributed by atoms with Crippen LogP contribution in [0.1, 0.15) is 12.8 Å². The van der Waals surface area contributed by atoms with Gasteiger partial charge in [-0.05, 0) is 44.8 Å². The van der Waals surface area contributed by atoms with Crippen LogP contribution in [0.5, 0.6) is 0 Å². The molecule has 4 nitrogen and oxygen atoms in total. The van der Waals surface area contributed by atoms with Gasteiger partial charge < -0.3 is 11.1 Å². The molecule has 1 aliphatic heterocycles. The average molecular weight is 184 g/mol.